The third-order valence-electron chi connectivity index (χ3n) is 0.617. The lowest BCUT2D eigenvalue weighted by Gasteiger charge is -2.02. The van der Waals surface area contributed by atoms with Crippen LogP contribution in [0.15, 0.2) is 11.8 Å². The van der Waals surface area contributed by atoms with Crippen LogP contribution in [0, 0.1) is 11.3 Å². The number of aliphatic carboxylic acids is 1. The van der Waals surface area contributed by atoms with Gasteiger partial charge in [0.15, 0.2) is 5.76 Å². The van der Waals surface area contributed by atoms with E-state index in [1.165, 1.54) is 6.07 Å². The molecule has 0 aromatic carbocycles. The summed E-state index contributed by atoms with van der Waals surface area (Å²) in [6, 6.07) is 1.49. The molecule has 4 heteroatoms. The van der Waals surface area contributed by atoms with Crippen molar-refractivity contribution in [2.45, 2.75) is 0 Å². The second kappa shape index (κ2) is 3.50. The smallest absolute Gasteiger partial charge is 0.151 e. The number of rotatable bonds is 2. The van der Waals surface area contributed by atoms with E-state index in [0.717, 1.165) is 13.2 Å². The zero-order valence-electron chi connectivity index (χ0n) is 4.75. The molecule has 0 heterocycles. The van der Waals surface area contributed by atoms with E-state index in [1.54, 1.807) is 0 Å². The van der Waals surface area contributed by atoms with E-state index in [9.17, 15) is 9.90 Å². The molecule has 4 nitrogen and oxygen atoms in total. The summed E-state index contributed by atoms with van der Waals surface area (Å²) in [6.45, 7) is 0. The summed E-state index contributed by atoms with van der Waals surface area (Å²) in [7, 11) is 1.15. The molecule has 0 aliphatic rings. The summed E-state index contributed by atoms with van der Waals surface area (Å²) in [4.78, 5) is 9.86. The standard InChI is InChI=1S/C5H5NO3/c1-9-4(2-3-6)5(7)8/h2H,1H3,(H,7,8)/p-1/b4-2+. The molecule has 0 aliphatic heterocycles. The molecule has 0 saturated carbocycles. The van der Waals surface area contributed by atoms with Gasteiger partial charge in [-0.1, -0.05) is 0 Å². The van der Waals surface area contributed by atoms with Crippen molar-refractivity contribution < 1.29 is 14.6 Å². The number of methoxy groups -OCH3 is 1. The van der Waals surface area contributed by atoms with Crippen LogP contribution in [0.25, 0.3) is 0 Å². The summed E-state index contributed by atoms with van der Waals surface area (Å²) in [5, 5.41) is 17.8. The van der Waals surface area contributed by atoms with Gasteiger partial charge in [-0.25, -0.2) is 0 Å². The van der Waals surface area contributed by atoms with Crippen molar-refractivity contribution in [3.05, 3.63) is 11.8 Å². The Hall–Kier alpha value is -1.50. The maximum absolute atomic E-state index is 9.86. The first-order valence-electron chi connectivity index (χ1n) is 2.07. The predicted molar refractivity (Wildman–Crippen MR) is 25.7 cm³/mol. The highest BCUT2D eigenvalue weighted by Gasteiger charge is 1.92. The van der Waals surface area contributed by atoms with E-state index < -0.39 is 11.7 Å². The lowest BCUT2D eigenvalue weighted by Crippen LogP contribution is -2.25. The highest BCUT2D eigenvalue weighted by atomic mass is 16.5. The number of carboxylic acid groups (broad SMARTS) is 1. The van der Waals surface area contributed by atoms with Crippen molar-refractivity contribution in [2.75, 3.05) is 7.11 Å². The molecule has 0 fully saturated rings. The molecule has 0 rings (SSSR count). The van der Waals surface area contributed by atoms with E-state index in [1.807, 2.05) is 0 Å². The minimum absolute atomic E-state index is 0.461. The Bertz CT molecular complexity index is 177. The fraction of sp³-hybridized carbons (Fsp3) is 0.200. The molecule has 0 atom stereocenters. The zero-order valence-corrected chi connectivity index (χ0v) is 4.75. The van der Waals surface area contributed by atoms with Gasteiger partial charge in [-0.05, 0) is 0 Å². The number of hydrogen-bond acceptors (Lipinski definition) is 4. The van der Waals surface area contributed by atoms with Crippen LogP contribution < -0.4 is 5.11 Å². The van der Waals surface area contributed by atoms with Gasteiger partial charge in [0.2, 0.25) is 0 Å². The Morgan fingerprint density at radius 2 is 2.44 bits per heavy atom. The zero-order chi connectivity index (χ0) is 7.28. The molecule has 0 aromatic rings. The minimum Gasteiger partial charge on any atom is -0.542 e. The van der Waals surface area contributed by atoms with E-state index in [0.29, 0.717) is 0 Å². The predicted octanol–water partition coefficient (Wildman–Crippen LogP) is -1.21. The number of carbonyl (C=O) groups is 1. The van der Waals surface area contributed by atoms with E-state index in [2.05, 4.69) is 4.74 Å². The van der Waals surface area contributed by atoms with Crippen molar-refractivity contribution in [2.24, 2.45) is 0 Å². The number of carbonyl (C=O) groups excluding carboxylic acids is 1. The van der Waals surface area contributed by atoms with Gasteiger partial charge < -0.3 is 14.6 Å². The first kappa shape index (κ1) is 7.50. The topological polar surface area (TPSA) is 73.1 Å². The average Bonchev–Trinajstić information content (AvgIpc) is 1.82. The quantitative estimate of drug-likeness (QED) is 0.264. The normalized spacial score (nSPS) is 10.0. The first-order chi connectivity index (χ1) is 4.22. The molecule has 0 amide bonds. The van der Waals surface area contributed by atoms with Gasteiger partial charge in [0, 0.05) is 0 Å². The Kier molecular flexibility index (Phi) is 2.91. The Balaban J connectivity index is 4.20. The fourth-order valence-electron chi connectivity index (χ4n) is 0.260. The third-order valence-corrected chi connectivity index (χ3v) is 0.617. The molecule has 0 aliphatic carbocycles. The van der Waals surface area contributed by atoms with Crippen molar-refractivity contribution in [1.29, 1.82) is 5.26 Å². The highest BCUT2D eigenvalue weighted by molar-refractivity contribution is 5.82. The summed E-state index contributed by atoms with van der Waals surface area (Å²) < 4.78 is 4.23. The summed E-state index contributed by atoms with van der Waals surface area (Å²) in [5.41, 5.74) is 0. The van der Waals surface area contributed by atoms with Gasteiger partial charge in [0.05, 0.1) is 19.3 Å². The monoisotopic (exact) mass is 126 g/mol. The number of nitrogens with zero attached hydrogens (tertiary/aromatic N) is 1. The second-order valence-corrected chi connectivity index (χ2v) is 1.13. The van der Waals surface area contributed by atoms with E-state index in [4.69, 9.17) is 5.26 Å². The van der Waals surface area contributed by atoms with Crippen LogP contribution in [0.3, 0.4) is 0 Å². The number of allylic oxidation sites excluding steroid dienone is 1. The Labute approximate surface area is 52.0 Å². The van der Waals surface area contributed by atoms with Gasteiger partial charge >= 0.3 is 0 Å². The van der Waals surface area contributed by atoms with Crippen LogP contribution >= 0.6 is 0 Å². The van der Waals surface area contributed by atoms with Crippen LogP contribution in [-0.2, 0) is 9.53 Å². The minimum atomic E-state index is -1.49. The van der Waals surface area contributed by atoms with Gasteiger partial charge in [0.1, 0.15) is 5.97 Å². The van der Waals surface area contributed by atoms with Gasteiger partial charge in [0.25, 0.3) is 0 Å². The van der Waals surface area contributed by atoms with Crippen LogP contribution in [0.4, 0.5) is 0 Å². The fourth-order valence-corrected chi connectivity index (χ4v) is 0.260. The molecular weight excluding hydrogens is 122 g/mol. The molecule has 0 radical (unpaired) electrons. The Morgan fingerprint density at radius 1 is 1.89 bits per heavy atom. The van der Waals surface area contributed by atoms with Gasteiger partial charge in [-0.3, -0.25) is 0 Å². The van der Waals surface area contributed by atoms with Crippen LogP contribution in [-0.4, -0.2) is 13.1 Å². The summed E-state index contributed by atoms with van der Waals surface area (Å²) >= 11 is 0. The average molecular weight is 126 g/mol. The maximum atomic E-state index is 9.86. The van der Waals surface area contributed by atoms with Crippen molar-refractivity contribution in [3.8, 4) is 6.07 Å². The molecule has 0 N–H and O–H groups in total. The molecule has 0 spiro atoms. The molecular formula is C5H4NO3-. The SMILES string of the molecule is CO/C(=C/C#N)C(=O)[O-]. The van der Waals surface area contributed by atoms with Crippen molar-refractivity contribution in [3.63, 3.8) is 0 Å². The molecule has 0 aromatic heterocycles. The molecule has 9 heavy (non-hydrogen) atoms. The maximum Gasteiger partial charge on any atom is 0.151 e. The lowest BCUT2D eigenvalue weighted by molar-refractivity contribution is -0.302. The lowest BCUT2D eigenvalue weighted by atomic mass is 10.5. The third kappa shape index (κ3) is 2.34. The van der Waals surface area contributed by atoms with E-state index in [-0.39, 0.29) is 0 Å². The number of ether oxygens (including phenoxy) is 1. The van der Waals surface area contributed by atoms with Crippen LogP contribution in [0.2, 0.25) is 0 Å². The van der Waals surface area contributed by atoms with Gasteiger partial charge in [-0.15, -0.1) is 0 Å². The Morgan fingerprint density at radius 3 is 2.56 bits per heavy atom. The highest BCUT2D eigenvalue weighted by Crippen LogP contribution is 1.89. The van der Waals surface area contributed by atoms with Crippen molar-refractivity contribution in [1.82, 2.24) is 0 Å². The van der Waals surface area contributed by atoms with Crippen molar-refractivity contribution >= 4 is 5.97 Å². The number of carboxylic acids is 1. The summed E-state index contributed by atoms with van der Waals surface area (Å²) in [5.74, 6) is -1.95. The molecule has 0 saturated heterocycles. The van der Waals surface area contributed by atoms with Crippen LogP contribution in [0.1, 0.15) is 0 Å². The number of nitriles is 1. The molecule has 48 valence electrons. The first-order valence-corrected chi connectivity index (χ1v) is 2.07. The van der Waals surface area contributed by atoms with Gasteiger partial charge in [-0.2, -0.15) is 5.26 Å². The number of hydrogen-bond donors (Lipinski definition) is 0. The second-order valence-electron chi connectivity index (χ2n) is 1.13. The van der Waals surface area contributed by atoms with Crippen LogP contribution in [0.5, 0.6) is 0 Å². The largest absolute Gasteiger partial charge is 0.542 e. The summed E-state index contributed by atoms with van der Waals surface area (Å²) in [6.07, 6.45) is 0.759. The molecule has 0 bridgehead atoms. The van der Waals surface area contributed by atoms with E-state index >= 15 is 0 Å². The molecule has 0 unspecified atom stereocenters.